The Morgan fingerprint density at radius 3 is 2.68 bits per heavy atom. The molecule has 132 valence electrons. The van der Waals surface area contributed by atoms with Crippen LogP contribution in [0.3, 0.4) is 0 Å². The number of fused-ring (bicyclic) bond motifs is 1. The van der Waals surface area contributed by atoms with Crippen LogP contribution in [-0.2, 0) is 4.74 Å². The van der Waals surface area contributed by atoms with E-state index in [0.29, 0.717) is 23.8 Å². The molecule has 1 N–H and O–H groups in total. The minimum Gasteiger partial charge on any atom is -0.491 e. The third kappa shape index (κ3) is 3.94. The molecule has 5 heteroatoms. The van der Waals surface area contributed by atoms with Crippen LogP contribution in [0.2, 0.25) is 0 Å². The molecule has 0 spiro atoms. The molecule has 1 aliphatic heterocycles. The number of hydrogen-bond donors (Lipinski definition) is 1. The molecule has 2 unspecified atom stereocenters. The van der Waals surface area contributed by atoms with Gasteiger partial charge in [0.2, 0.25) is 0 Å². The van der Waals surface area contributed by atoms with Crippen LogP contribution in [0, 0.1) is 0 Å². The van der Waals surface area contributed by atoms with Gasteiger partial charge in [-0.05, 0) is 35.9 Å². The molecular formula is C20H23NO4. The normalized spacial score (nSPS) is 17.1. The fraction of sp³-hybridized carbons (Fsp3) is 0.350. The molecule has 0 bridgehead atoms. The smallest absolute Gasteiger partial charge is 0.337 e. The van der Waals surface area contributed by atoms with Gasteiger partial charge in [-0.25, -0.2) is 4.79 Å². The molecule has 0 amide bonds. The van der Waals surface area contributed by atoms with Crippen LogP contribution >= 0.6 is 0 Å². The zero-order valence-electron chi connectivity index (χ0n) is 14.5. The van der Waals surface area contributed by atoms with Crippen LogP contribution in [0.1, 0.15) is 28.8 Å². The number of methoxy groups -OCH3 is 1. The molecule has 0 radical (unpaired) electrons. The number of carbonyl (C=O) groups is 1. The van der Waals surface area contributed by atoms with Crippen molar-refractivity contribution in [3.8, 4) is 5.75 Å². The summed E-state index contributed by atoms with van der Waals surface area (Å²) in [5, 5.41) is 10.3. The van der Waals surface area contributed by atoms with Gasteiger partial charge in [0, 0.05) is 24.7 Å². The topological polar surface area (TPSA) is 59.0 Å². The summed E-state index contributed by atoms with van der Waals surface area (Å²) in [6.07, 6.45) is -0.598. The van der Waals surface area contributed by atoms with Crippen molar-refractivity contribution in [3.05, 3.63) is 59.7 Å². The van der Waals surface area contributed by atoms with Crippen LogP contribution < -0.4 is 9.64 Å². The van der Waals surface area contributed by atoms with Gasteiger partial charge >= 0.3 is 5.97 Å². The minimum atomic E-state index is -0.598. The maximum atomic E-state index is 11.4. The first-order chi connectivity index (χ1) is 12.1. The molecule has 1 heterocycles. The Balaban J connectivity index is 1.54. The van der Waals surface area contributed by atoms with Crippen molar-refractivity contribution >= 4 is 11.7 Å². The van der Waals surface area contributed by atoms with Crippen molar-refractivity contribution in [3.63, 3.8) is 0 Å². The maximum absolute atomic E-state index is 11.4. The first kappa shape index (κ1) is 17.3. The largest absolute Gasteiger partial charge is 0.491 e. The standard InChI is InChI=1S/C20H23NO4/c1-14-11-21(19-6-4-3-5-18(14)19)12-16(22)13-25-17-9-7-15(8-10-17)20(23)24-2/h3-10,14,16,22H,11-13H2,1-2H3. The highest BCUT2D eigenvalue weighted by Gasteiger charge is 2.26. The molecule has 3 rings (SSSR count). The van der Waals surface area contributed by atoms with Crippen LogP contribution in [0.5, 0.6) is 5.75 Å². The molecule has 2 atom stereocenters. The van der Waals surface area contributed by atoms with E-state index in [4.69, 9.17) is 4.74 Å². The molecule has 0 saturated heterocycles. The summed E-state index contributed by atoms with van der Waals surface area (Å²) >= 11 is 0. The van der Waals surface area contributed by atoms with E-state index in [9.17, 15) is 9.90 Å². The third-order valence-electron chi connectivity index (χ3n) is 4.45. The Bertz CT molecular complexity index is 729. The van der Waals surface area contributed by atoms with E-state index in [-0.39, 0.29) is 12.6 Å². The molecule has 2 aromatic carbocycles. The van der Waals surface area contributed by atoms with Gasteiger partial charge in [-0.3, -0.25) is 0 Å². The SMILES string of the molecule is COC(=O)c1ccc(OCC(O)CN2CC(C)c3ccccc32)cc1. The summed E-state index contributed by atoms with van der Waals surface area (Å²) in [5.41, 5.74) is 2.99. The van der Waals surface area contributed by atoms with E-state index in [1.54, 1.807) is 24.3 Å². The number of aliphatic hydroxyl groups is 1. The number of hydrogen-bond acceptors (Lipinski definition) is 5. The Labute approximate surface area is 147 Å². The number of anilines is 1. The van der Waals surface area contributed by atoms with Crippen molar-refractivity contribution < 1.29 is 19.4 Å². The quantitative estimate of drug-likeness (QED) is 0.819. The fourth-order valence-corrected chi connectivity index (χ4v) is 3.20. The van der Waals surface area contributed by atoms with E-state index in [2.05, 4.69) is 34.8 Å². The Morgan fingerprint density at radius 1 is 1.24 bits per heavy atom. The summed E-state index contributed by atoms with van der Waals surface area (Å²) in [7, 11) is 1.35. The number of esters is 1. The number of benzene rings is 2. The van der Waals surface area contributed by atoms with Crippen molar-refractivity contribution in [2.24, 2.45) is 0 Å². The summed E-state index contributed by atoms with van der Waals surface area (Å²) in [5.74, 6) is 0.700. The van der Waals surface area contributed by atoms with Gasteiger partial charge in [-0.1, -0.05) is 25.1 Å². The van der Waals surface area contributed by atoms with Crippen LogP contribution in [0.4, 0.5) is 5.69 Å². The Kier molecular flexibility index (Phi) is 5.24. The van der Waals surface area contributed by atoms with Gasteiger partial charge in [0.25, 0.3) is 0 Å². The number of aliphatic hydroxyl groups excluding tert-OH is 1. The second-order valence-corrected chi connectivity index (χ2v) is 6.35. The van der Waals surface area contributed by atoms with Crippen molar-refractivity contribution in [1.82, 2.24) is 0 Å². The first-order valence-corrected chi connectivity index (χ1v) is 8.41. The summed E-state index contributed by atoms with van der Waals surface area (Å²) in [6, 6.07) is 15.0. The first-order valence-electron chi connectivity index (χ1n) is 8.41. The number of rotatable bonds is 6. The molecule has 0 aromatic heterocycles. The zero-order valence-corrected chi connectivity index (χ0v) is 14.5. The maximum Gasteiger partial charge on any atom is 0.337 e. The molecule has 25 heavy (non-hydrogen) atoms. The number of para-hydroxylation sites is 1. The highest BCUT2D eigenvalue weighted by Crippen LogP contribution is 2.35. The predicted molar refractivity (Wildman–Crippen MR) is 96.4 cm³/mol. The molecule has 2 aromatic rings. The average Bonchev–Trinajstić information content (AvgIpc) is 2.96. The van der Waals surface area contributed by atoms with Gasteiger partial charge in [-0.15, -0.1) is 0 Å². The number of carbonyl (C=O) groups excluding carboxylic acids is 1. The zero-order chi connectivity index (χ0) is 17.8. The number of ether oxygens (including phenoxy) is 2. The fourth-order valence-electron chi connectivity index (χ4n) is 3.20. The van der Waals surface area contributed by atoms with Crippen LogP contribution in [0.15, 0.2) is 48.5 Å². The van der Waals surface area contributed by atoms with Crippen LogP contribution in [-0.4, -0.2) is 44.0 Å². The molecular weight excluding hydrogens is 318 g/mol. The lowest BCUT2D eigenvalue weighted by molar-refractivity contribution is 0.0600. The van der Waals surface area contributed by atoms with Crippen molar-refractivity contribution in [1.29, 1.82) is 0 Å². The molecule has 1 aliphatic rings. The lowest BCUT2D eigenvalue weighted by Crippen LogP contribution is -2.34. The number of nitrogens with zero attached hydrogens (tertiary/aromatic N) is 1. The van der Waals surface area contributed by atoms with Gasteiger partial charge in [-0.2, -0.15) is 0 Å². The van der Waals surface area contributed by atoms with E-state index >= 15 is 0 Å². The molecule has 0 aliphatic carbocycles. The van der Waals surface area contributed by atoms with Gasteiger partial charge in [0.1, 0.15) is 18.5 Å². The average molecular weight is 341 g/mol. The van der Waals surface area contributed by atoms with Crippen LogP contribution in [0.25, 0.3) is 0 Å². The second kappa shape index (κ2) is 7.57. The minimum absolute atomic E-state index is 0.199. The Hall–Kier alpha value is -2.53. The van der Waals surface area contributed by atoms with Gasteiger partial charge in [0.15, 0.2) is 0 Å². The van der Waals surface area contributed by atoms with E-state index < -0.39 is 6.10 Å². The number of β-amino-alcohol motifs (C(OH)–C–C–N with tert-alkyl or cyclic N) is 1. The summed E-state index contributed by atoms with van der Waals surface area (Å²) < 4.78 is 10.3. The van der Waals surface area contributed by atoms with Crippen molar-refractivity contribution in [2.75, 3.05) is 31.7 Å². The lowest BCUT2D eigenvalue weighted by atomic mass is 10.0. The monoisotopic (exact) mass is 341 g/mol. The summed E-state index contributed by atoms with van der Waals surface area (Å²) in [4.78, 5) is 13.6. The van der Waals surface area contributed by atoms with Gasteiger partial charge < -0.3 is 19.5 Å². The van der Waals surface area contributed by atoms with Gasteiger partial charge in [0.05, 0.1) is 12.7 Å². The highest BCUT2D eigenvalue weighted by atomic mass is 16.5. The lowest BCUT2D eigenvalue weighted by Gasteiger charge is -2.23. The van der Waals surface area contributed by atoms with E-state index in [0.717, 1.165) is 6.54 Å². The molecule has 0 saturated carbocycles. The molecule has 5 nitrogen and oxygen atoms in total. The van der Waals surface area contributed by atoms with E-state index in [1.165, 1.54) is 18.4 Å². The third-order valence-corrected chi connectivity index (χ3v) is 4.45. The predicted octanol–water partition coefficient (Wildman–Crippen LogP) is 2.84. The van der Waals surface area contributed by atoms with E-state index in [1.807, 2.05) is 6.07 Å². The summed E-state index contributed by atoms with van der Waals surface area (Å²) in [6.45, 7) is 3.83. The molecule has 0 fully saturated rings. The Morgan fingerprint density at radius 2 is 1.96 bits per heavy atom. The highest BCUT2D eigenvalue weighted by molar-refractivity contribution is 5.89. The second-order valence-electron chi connectivity index (χ2n) is 6.35. The van der Waals surface area contributed by atoms with Crippen molar-refractivity contribution in [2.45, 2.75) is 18.9 Å².